The minimum Gasteiger partial charge on any atom is -0.396 e. The van der Waals surface area contributed by atoms with E-state index in [1.165, 1.54) is 43.4 Å². The molecule has 2 atom stereocenters. The summed E-state index contributed by atoms with van der Waals surface area (Å²) in [6.07, 6.45) is 8.51. The predicted molar refractivity (Wildman–Crippen MR) is 90.7 cm³/mol. The number of aliphatic hydroxyl groups is 1. The quantitative estimate of drug-likeness (QED) is 0.748. The molecule has 0 radical (unpaired) electrons. The Hall–Kier alpha value is -1.02. The van der Waals surface area contributed by atoms with Gasteiger partial charge in [-0.25, -0.2) is 0 Å². The Balaban J connectivity index is 1.89. The van der Waals surface area contributed by atoms with Gasteiger partial charge < -0.3 is 10.4 Å². The highest BCUT2D eigenvalue weighted by Gasteiger charge is 2.20. The standard InChI is InChI=1S/C19H31NO/c1-15(2)17-8-4-9-18(12-11-17)20-19-10-3-6-16(14-19)7-5-13-21/h3,6,10,14-15,17-18,20-21H,4-5,7-9,11-13H2,1-2H3. The molecule has 1 aromatic rings. The fourth-order valence-electron chi connectivity index (χ4n) is 3.48. The summed E-state index contributed by atoms with van der Waals surface area (Å²) in [6.45, 7) is 5.00. The van der Waals surface area contributed by atoms with Gasteiger partial charge in [0.15, 0.2) is 0 Å². The van der Waals surface area contributed by atoms with Gasteiger partial charge in [0.05, 0.1) is 0 Å². The lowest BCUT2D eigenvalue weighted by Crippen LogP contribution is -2.18. The van der Waals surface area contributed by atoms with Gasteiger partial charge in [-0.15, -0.1) is 0 Å². The van der Waals surface area contributed by atoms with Crippen molar-refractivity contribution in [3.05, 3.63) is 29.8 Å². The van der Waals surface area contributed by atoms with E-state index in [1.54, 1.807) is 0 Å². The topological polar surface area (TPSA) is 32.3 Å². The van der Waals surface area contributed by atoms with E-state index >= 15 is 0 Å². The summed E-state index contributed by atoms with van der Waals surface area (Å²) in [6, 6.07) is 9.33. The lowest BCUT2D eigenvalue weighted by Gasteiger charge is -2.20. The zero-order chi connectivity index (χ0) is 15.1. The van der Waals surface area contributed by atoms with Crippen LogP contribution in [0.5, 0.6) is 0 Å². The molecule has 2 heteroatoms. The zero-order valence-corrected chi connectivity index (χ0v) is 13.6. The number of hydrogen-bond donors (Lipinski definition) is 2. The van der Waals surface area contributed by atoms with Crippen molar-refractivity contribution in [2.75, 3.05) is 11.9 Å². The highest BCUT2D eigenvalue weighted by Crippen LogP contribution is 2.30. The minimum atomic E-state index is 0.275. The molecule has 0 amide bonds. The molecule has 1 saturated carbocycles. The molecule has 1 aromatic carbocycles. The number of anilines is 1. The summed E-state index contributed by atoms with van der Waals surface area (Å²) in [4.78, 5) is 0. The fraction of sp³-hybridized carbons (Fsp3) is 0.684. The van der Waals surface area contributed by atoms with Crippen LogP contribution >= 0.6 is 0 Å². The molecular weight excluding hydrogens is 258 g/mol. The first-order valence-electron chi connectivity index (χ1n) is 8.65. The van der Waals surface area contributed by atoms with Crippen LogP contribution in [0.1, 0.15) is 57.9 Å². The SMILES string of the molecule is CC(C)C1CCCC(Nc2cccc(CCCO)c2)CC1. The number of hydrogen-bond acceptors (Lipinski definition) is 2. The number of rotatable bonds is 6. The van der Waals surface area contributed by atoms with Crippen molar-refractivity contribution in [3.63, 3.8) is 0 Å². The van der Waals surface area contributed by atoms with Crippen molar-refractivity contribution < 1.29 is 5.11 Å². The van der Waals surface area contributed by atoms with Gasteiger partial charge in [-0.2, -0.15) is 0 Å². The predicted octanol–water partition coefficient (Wildman–Crippen LogP) is 4.63. The molecular formula is C19H31NO. The Morgan fingerprint density at radius 1 is 1.19 bits per heavy atom. The molecule has 0 aromatic heterocycles. The summed E-state index contributed by atoms with van der Waals surface area (Å²) in [7, 11) is 0. The highest BCUT2D eigenvalue weighted by molar-refractivity contribution is 5.46. The van der Waals surface area contributed by atoms with Crippen LogP contribution in [0.25, 0.3) is 0 Å². The Bertz CT molecular complexity index is 416. The van der Waals surface area contributed by atoms with E-state index in [0.717, 1.165) is 24.7 Å². The van der Waals surface area contributed by atoms with E-state index in [1.807, 2.05) is 0 Å². The van der Waals surface area contributed by atoms with Gasteiger partial charge in [-0.3, -0.25) is 0 Å². The van der Waals surface area contributed by atoms with Crippen molar-refractivity contribution >= 4 is 5.69 Å². The fourth-order valence-corrected chi connectivity index (χ4v) is 3.48. The Labute approximate surface area is 130 Å². The molecule has 0 bridgehead atoms. The van der Waals surface area contributed by atoms with Crippen LogP contribution in [0.3, 0.4) is 0 Å². The average molecular weight is 289 g/mol. The largest absolute Gasteiger partial charge is 0.396 e. The van der Waals surface area contributed by atoms with Crippen LogP contribution in [0.2, 0.25) is 0 Å². The van der Waals surface area contributed by atoms with Crippen LogP contribution in [-0.4, -0.2) is 17.8 Å². The second-order valence-electron chi connectivity index (χ2n) is 6.88. The van der Waals surface area contributed by atoms with E-state index in [4.69, 9.17) is 5.11 Å². The second kappa shape index (κ2) is 8.43. The molecule has 0 saturated heterocycles. The van der Waals surface area contributed by atoms with E-state index in [9.17, 15) is 0 Å². The van der Waals surface area contributed by atoms with Gasteiger partial charge >= 0.3 is 0 Å². The van der Waals surface area contributed by atoms with Gasteiger partial charge in [-0.05, 0) is 61.6 Å². The van der Waals surface area contributed by atoms with Crippen LogP contribution in [0.4, 0.5) is 5.69 Å². The summed E-state index contributed by atoms with van der Waals surface area (Å²) in [5.74, 6) is 1.73. The van der Waals surface area contributed by atoms with Crippen LogP contribution < -0.4 is 5.32 Å². The Morgan fingerprint density at radius 3 is 2.81 bits per heavy atom. The lowest BCUT2D eigenvalue weighted by atomic mass is 9.89. The average Bonchev–Trinajstić information content (AvgIpc) is 2.71. The first-order chi connectivity index (χ1) is 10.2. The maximum atomic E-state index is 8.94. The van der Waals surface area contributed by atoms with Gasteiger partial charge in [-0.1, -0.05) is 38.8 Å². The minimum absolute atomic E-state index is 0.275. The van der Waals surface area contributed by atoms with Crippen LogP contribution in [-0.2, 0) is 6.42 Å². The van der Waals surface area contributed by atoms with Gasteiger partial charge in [0, 0.05) is 18.3 Å². The molecule has 1 fully saturated rings. The molecule has 1 aliphatic carbocycles. The van der Waals surface area contributed by atoms with Crippen molar-refractivity contribution in [1.29, 1.82) is 0 Å². The van der Waals surface area contributed by atoms with Crippen molar-refractivity contribution in [3.8, 4) is 0 Å². The van der Waals surface area contributed by atoms with Crippen molar-refractivity contribution in [1.82, 2.24) is 0 Å². The van der Waals surface area contributed by atoms with Crippen molar-refractivity contribution in [2.24, 2.45) is 11.8 Å². The van der Waals surface area contributed by atoms with Crippen molar-refractivity contribution in [2.45, 2.75) is 64.8 Å². The molecule has 0 aliphatic heterocycles. The molecule has 2 N–H and O–H groups in total. The third-order valence-corrected chi connectivity index (χ3v) is 4.88. The summed E-state index contributed by atoms with van der Waals surface area (Å²) in [5.41, 5.74) is 2.57. The number of nitrogens with one attached hydrogen (secondary N) is 1. The number of aryl methyl sites for hydroxylation is 1. The molecule has 2 nitrogen and oxygen atoms in total. The van der Waals surface area contributed by atoms with Gasteiger partial charge in [0.1, 0.15) is 0 Å². The number of benzene rings is 1. The Kier molecular flexibility index (Phi) is 6.56. The van der Waals surface area contributed by atoms with Crippen LogP contribution in [0, 0.1) is 11.8 Å². The first-order valence-corrected chi connectivity index (χ1v) is 8.65. The van der Waals surface area contributed by atoms with E-state index in [0.29, 0.717) is 6.04 Å². The molecule has 0 spiro atoms. The van der Waals surface area contributed by atoms with Gasteiger partial charge in [0.25, 0.3) is 0 Å². The summed E-state index contributed by atoms with van der Waals surface area (Å²) >= 11 is 0. The third-order valence-electron chi connectivity index (χ3n) is 4.88. The number of aliphatic hydroxyl groups excluding tert-OH is 1. The lowest BCUT2D eigenvalue weighted by molar-refractivity contribution is 0.288. The highest BCUT2D eigenvalue weighted by atomic mass is 16.2. The first kappa shape index (κ1) is 16.4. The van der Waals surface area contributed by atoms with E-state index < -0.39 is 0 Å². The normalized spacial score (nSPS) is 23.0. The molecule has 2 rings (SSSR count). The van der Waals surface area contributed by atoms with Gasteiger partial charge in [0.2, 0.25) is 0 Å². The maximum absolute atomic E-state index is 8.94. The zero-order valence-electron chi connectivity index (χ0n) is 13.6. The third kappa shape index (κ3) is 5.35. The molecule has 1 aliphatic rings. The summed E-state index contributed by atoms with van der Waals surface area (Å²) < 4.78 is 0. The van der Waals surface area contributed by atoms with E-state index in [2.05, 4.69) is 43.4 Å². The summed E-state index contributed by atoms with van der Waals surface area (Å²) in [5, 5.41) is 12.7. The molecule has 0 heterocycles. The smallest absolute Gasteiger partial charge is 0.0434 e. The monoisotopic (exact) mass is 289 g/mol. The van der Waals surface area contributed by atoms with Crippen LogP contribution in [0.15, 0.2) is 24.3 Å². The molecule has 118 valence electrons. The Morgan fingerprint density at radius 2 is 2.05 bits per heavy atom. The second-order valence-corrected chi connectivity index (χ2v) is 6.88. The molecule has 2 unspecified atom stereocenters. The maximum Gasteiger partial charge on any atom is 0.0434 e. The van der Waals surface area contributed by atoms with E-state index in [-0.39, 0.29) is 6.61 Å². The molecule has 21 heavy (non-hydrogen) atoms.